The summed E-state index contributed by atoms with van der Waals surface area (Å²) in [6, 6.07) is 26.0. The number of hydrazine groups is 1. The lowest BCUT2D eigenvalue weighted by molar-refractivity contribution is -0.117. The summed E-state index contributed by atoms with van der Waals surface area (Å²) in [5, 5.41) is 0. The first kappa shape index (κ1) is 18.9. The third-order valence-corrected chi connectivity index (χ3v) is 3.89. The summed E-state index contributed by atoms with van der Waals surface area (Å²) >= 11 is 0. The maximum atomic E-state index is 12.4. The molecule has 0 saturated carbocycles. The molecule has 5 nitrogen and oxygen atoms in total. The van der Waals surface area contributed by atoms with Crippen molar-refractivity contribution in [2.75, 3.05) is 0 Å². The van der Waals surface area contributed by atoms with Crippen molar-refractivity contribution in [1.82, 2.24) is 10.9 Å². The fourth-order valence-electron chi connectivity index (χ4n) is 2.48. The predicted molar refractivity (Wildman–Crippen MR) is 108 cm³/mol. The van der Waals surface area contributed by atoms with E-state index in [2.05, 4.69) is 10.9 Å². The van der Waals surface area contributed by atoms with Crippen molar-refractivity contribution in [2.45, 2.75) is 6.61 Å². The maximum Gasteiger partial charge on any atom is 0.273 e. The Morgan fingerprint density at radius 2 is 1.43 bits per heavy atom. The van der Waals surface area contributed by atoms with Crippen LogP contribution in [0.15, 0.2) is 91.0 Å². The van der Waals surface area contributed by atoms with E-state index in [4.69, 9.17) is 4.74 Å². The maximum absolute atomic E-state index is 12.4. The molecule has 0 atom stereocenters. The molecule has 0 aliphatic carbocycles. The number of carbonyl (C=O) groups is 2. The lowest BCUT2D eigenvalue weighted by atomic mass is 10.2. The highest BCUT2D eigenvalue weighted by molar-refractivity contribution is 5.99. The summed E-state index contributed by atoms with van der Waals surface area (Å²) in [6.07, 6.45) is 3.02. The molecule has 3 aromatic rings. The highest BCUT2D eigenvalue weighted by Crippen LogP contribution is 2.19. The van der Waals surface area contributed by atoms with E-state index >= 15 is 0 Å². The summed E-state index contributed by atoms with van der Waals surface area (Å²) in [7, 11) is 0. The Morgan fingerprint density at radius 1 is 0.786 bits per heavy atom. The van der Waals surface area contributed by atoms with Gasteiger partial charge in [-0.25, -0.2) is 0 Å². The Hall–Kier alpha value is -3.86. The summed E-state index contributed by atoms with van der Waals surface area (Å²) in [6.45, 7) is 0.345. The fraction of sp³-hybridized carbons (Fsp3) is 0.0435. The number of ether oxygens (including phenoxy) is 1. The third kappa shape index (κ3) is 5.57. The van der Waals surface area contributed by atoms with E-state index < -0.39 is 11.8 Å². The zero-order valence-corrected chi connectivity index (χ0v) is 15.2. The van der Waals surface area contributed by atoms with Gasteiger partial charge in [0.25, 0.3) is 11.8 Å². The minimum absolute atomic E-state index is 0.339. The number of amides is 2. The molecule has 2 amide bonds. The van der Waals surface area contributed by atoms with Gasteiger partial charge in [0.05, 0.1) is 5.56 Å². The second-order valence-corrected chi connectivity index (χ2v) is 5.96. The Balaban J connectivity index is 1.57. The molecule has 28 heavy (non-hydrogen) atoms. The molecular weight excluding hydrogens is 352 g/mol. The van der Waals surface area contributed by atoms with Crippen molar-refractivity contribution < 1.29 is 14.3 Å². The van der Waals surface area contributed by atoms with Gasteiger partial charge in [0, 0.05) is 6.08 Å². The predicted octanol–water partition coefficient (Wildman–Crippen LogP) is 3.74. The topological polar surface area (TPSA) is 67.4 Å². The van der Waals surface area contributed by atoms with Crippen LogP contribution >= 0.6 is 0 Å². The van der Waals surface area contributed by atoms with Gasteiger partial charge in [-0.3, -0.25) is 20.4 Å². The first-order valence-electron chi connectivity index (χ1n) is 8.81. The van der Waals surface area contributed by atoms with Gasteiger partial charge in [0.1, 0.15) is 12.4 Å². The average Bonchev–Trinajstić information content (AvgIpc) is 2.76. The van der Waals surface area contributed by atoms with E-state index in [1.165, 1.54) is 6.08 Å². The van der Waals surface area contributed by atoms with Crippen LogP contribution in [0.4, 0.5) is 0 Å². The van der Waals surface area contributed by atoms with E-state index in [1.54, 1.807) is 30.3 Å². The van der Waals surface area contributed by atoms with Crippen molar-refractivity contribution in [1.29, 1.82) is 0 Å². The molecule has 0 bridgehead atoms. The second kappa shape index (κ2) is 9.73. The Labute approximate surface area is 163 Å². The van der Waals surface area contributed by atoms with Gasteiger partial charge in [-0.05, 0) is 29.3 Å². The molecule has 0 heterocycles. The molecule has 0 radical (unpaired) electrons. The van der Waals surface area contributed by atoms with E-state index in [-0.39, 0.29) is 0 Å². The number of carbonyl (C=O) groups excluding carboxylic acids is 2. The van der Waals surface area contributed by atoms with Gasteiger partial charge in [-0.1, -0.05) is 72.8 Å². The van der Waals surface area contributed by atoms with E-state index in [9.17, 15) is 9.59 Å². The van der Waals surface area contributed by atoms with E-state index in [0.29, 0.717) is 17.9 Å². The van der Waals surface area contributed by atoms with Crippen LogP contribution < -0.4 is 15.6 Å². The van der Waals surface area contributed by atoms with Crippen LogP contribution in [0.25, 0.3) is 6.08 Å². The number of para-hydroxylation sites is 1. The van der Waals surface area contributed by atoms with Gasteiger partial charge >= 0.3 is 0 Å². The molecule has 2 N–H and O–H groups in total. The van der Waals surface area contributed by atoms with Gasteiger partial charge in [0.15, 0.2) is 0 Å². The number of nitrogens with one attached hydrogen (secondary N) is 2. The summed E-state index contributed by atoms with van der Waals surface area (Å²) in [5.74, 6) is -0.442. The highest BCUT2D eigenvalue weighted by atomic mass is 16.5. The monoisotopic (exact) mass is 372 g/mol. The number of rotatable bonds is 6. The van der Waals surface area contributed by atoms with Crippen molar-refractivity contribution in [3.05, 3.63) is 108 Å². The third-order valence-electron chi connectivity index (χ3n) is 3.89. The first-order chi connectivity index (χ1) is 13.7. The molecule has 0 aliphatic heterocycles. The molecule has 140 valence electrons. The van der Waals surface area contributed by atoms with Crippen LogP contribution in [-0.4, -0.2) is 11.8 Å². The zero-order chi connectivity index (χ0) is 19.6. The van der Waals surface area contributed by atoms with Crippen molar-refractivity contribution in [3.63, 3.8) is 0 Å². The lowest BCUT2D eigenvalue weighted by Gasteiger charge is -2.12. The minimum Gasteiger partial charge on any atom is -0.488 e. The summed E-state index contributed by atoms with van der Waals surface area (Å²) < 4.78 is 5.77. The largest absolute Gasteiger partial charge is 0.488 e. The average molecular weight is 372 g/mol. The normalized spacial score (nSPS) is 10.4. The zero-order valence-electron chi connectivity index (χ0n) is 15.2. The molecule has 0 saturated heterocycles. The molecular formula is C23H20N2O3. The van der Waals surface area contributed by atoms with Gasteiger partial charge < -0.3 is 4.74 Å². The van der Waals surface area contributed by atoms with E-state index in [1.807, 2.05) is 60.7 Å². The summed E-state index contributed by atoms with van der Waals surface area (Å²) in [5.41, 5.74) is 7.00. The van der Waals surface area contributed by atoms with Crippen LogP contribution in [0.2, 0.25) is 0 Å². The van der Waals surface area contributed by atoms with Crippen LogP contribution in [0.1, 0.15) is 21.5 Å². The van der Waals surface area contributed by atoms with E-state index in [0.717, 1.165) is 11.1 Å². The molecule has 3 aromatic carbocycles. The fourth-order valence-corrected chi connectivity index (χ4v) is 2.48. The molecule has 0 spiro atoms. The van der Waals surface area contributed by atoms with Crippen LogP contribution in [0.3, 0.4) is 0 Å². The molecule has 0 fully saturated rings. The highest BCUT2D eigenvalue weighted by Gasteiger charge is 2.12. The van der Waals surface area contributed by atoms with Gasteiger partial charge in [0.2, 0.25) is 0 Å². The summed E-state index contributed by atoms with van der Waals surface area (Å²) in [4.78, 5) is 24.3. The Morgan fingerprint density at radius 3 is 2.18 bits per heavy atom. The van der Waals surface area contributed by atoms with Gasteiger partial charge in [-0.2, -0.15) is 0 Å². The molecule has 3 rings (SSSR count). The molecule has 0 unspecified atom stereocenters. The molecule has 5 heteroatoms. The molecule has 0 aliphatic rings. The number of hydrogen-bond acceptors (Lipinski definition) is 3. The SMILES string of the molecule is O=C(/C=C/c1ccccc1)NNC(=O)c1ccccc1OCc1ccccc1. The second-order valence-electron chi connectivity index (χ2n) is 5.96. The van der Waals surface area contributed by atoms with Crippen molar-refractivity contribution in [3.8, 4) is 5.75 Å². The van der Waals surface area contributed by atoms with Crippen LogP contribution in [0, 0.1) is 0 Å². The lowest BCUT2D eigenvalue weighted by Crippen LogP contribution is -2.40. The smallest absolute Gasteiger partial charge is 0.273 e. The van der Waals surface area contributed by atoms with Gasteiger partial charge in [-0.15, -0.1) is 0 Å². The van der Waals surface area contributed by atoms with Crippen LogP contribution in [-0.2, 0) is 11.4 Å². The quantitative estimate of drug-likeness (QED) is 0.512. The first-order valence-corrected chi connectivity index (χ1v) is 8.81. The number of hydrogen-bond donors (Lipinski definition) is 2. The van der Waals surface area contributed by atoms with Crippen LogP contribution in [0.5, 0.6) is 5.75 Å². The number of benzene rings is 3. The Bertz CT molecular complexity index is 954. The Kier molecular flexibility index (Phi) is 6.57. The van der Waals surface area contributed by atoms with Crippen molar-refractivity contribution in [2.24, 2.45) is 0 Å². The minimum atomic E-state index is -0.454. The standard InChI is InChI=1S/C23H20N2O3/c26-22(16-15-18-9-3-1-4-10-18)24-25-23(27)20-13-7-8-14-21(20)28-17-19-11-5-2-6-12-19/h1-16H,17H2,(H,24,26)(H,25,27)/b16-15+. The van der Waals surface area contributed by atoms with Crippen molar-refractivity contribution >= 4 is 17.9 Å². The molecule has 0 aromatic heterocycles.